The number of aromatic nitrogens is 2. The number of carbonyl (C=O) groups is 1. The van der Waals surface area contributed by atoms with E-state index in [2.05, 4.69) is 9.97 Å². The van der Waals surface area contributed by atoms with Gasteiger partial charge in [0, 0.05) is 30.1 Å². The van der Waals surface area contributed by atoms with E-state index in [9.17, 15) is 9.18 Å². The van der Waals surface area contributed by atoms with Crippen LogP contribution >= 0.6 is 11.3 Å². The highest BCUT2D eigenvalue weighted by Gasteiger charge is 2.23. The van der Waals surface area contributed by atoms with E-state index in [0.29, 0.717) is 35.4 Å². The third-order valence-electron chi connectivity index (χ3n) is 4.67. The fourth-order valence-electron chi connectivity index (χ4n) is 3.22. The van der Waals surface area contributed by atoms with Crippen LogP contribution in [0.1, 0.15) is 15.9 Å². The zero-order valence-electron chi connectivity index (χ0n) is 15.7. The highest BCUT2D eigenvalue weighted by atomic mass is 32.1. The SMILES string of the molecule is O=C(c1ccc(F)cc1)N(Cc1cccnc1)c1nc2cc3c(cc2s1)OCCO3. The van der Waals surface area contributed by atoms with E-state index in [0.717, 1.165) is 15.8 Å². The van der Waals surface area contributed by atoms with Crippen LogP contribution in [-0.2, 0) is 6.54 Å². The summed E-state index contributed by atoms with van der Waals surface area (Å²) in [6.45, 7) is 1.28. The summed E-state index contributed by atoms with van der Waals surface area (Å²) in [5, 5.41) is 0.533. The van der Waals surface area contributed by atoms with Gasteiger partial charge in [-0.15, -0.1) is 0 Å². The number of anilines is 1. The number of hydrogen-bond acceptors (Lipinski definition) is 6. The Morgan fingerprint density at radius 2 is 1.87 bits per heavy atom. The Hall–Kier alpha value is -3.52. The highest BCUT2D eigenvalue weighted by Crippen LogP contribution is 2.39. The fraction of sp³-hybridized carbons (Fsp3) is 0.136. The molecular weight excluding hydrogens is 405 g/mol. The summed E-state index contributed by atoms with van der Waals surface area (Å²) >= 11 is 1.39. The van der Waals surface area contributed by atoms with E-state index in [1.807, 2.05) is 24.3 Å². The Bertz CT molecular complexity index is 1170. The summed E-state index contributed by atoms with van der Waals surface area (Å²) in [5.74, 6) is 0.660. The van der Waals surface area contributed by atoms with Gasteiger partial charge in [-0.25, -0.2) is 9.37 Å². The van der Waals surface area contributed by atoms with Crippen LogP contribution in [0.5, 0.6) is 11.5 Å². The van der Waals surface area contributed by atoms with Gasteiger partial charge in [0.15, 0.2) is 16.6 Å². The maximum absolute atomic E-state index is 13.3. The number of pyridine rings is 1. The van der Waals surface area contributed by atoms with Crippen LogP contribution in [0, 0.1) is 5.82 Å². The van der Waals surface area contributed by atoms with Gasteiger partial charge in [0.2, 0.25) is 0 Å². The van der Waals surface area contributed by atoms with Crippen LogP contribution in [0.25, 0.3) is 10.2 Å². The lowest BCUT2D eigenvalue weighted by Gasteiger charge is -2.20. The molecule has 0 N–H and O–H groups in total. The predicted octanol–water partition coefficient (Wildman–Crippen LogP) is 4.45. The molecule has 3 heterocycles. The monoisotopic (exact) mass is 421 g/mol. The minimum atomic E-state index is -0.393. The van der Waals surface area contributed by atoms with Gasteiger partial charge in [-0.2, -0.15) is 0 Å². The Labute approximate surface area is 175 Å². The van der Waals surface area contributed by atoms with Gasteiger partial charge in [-0.05, 0) is 35.9 Å². The molecule has 30 heavy (non-hydrogen) atoms. The van der Waals surface area contributed by atoms with Crippen LogP contribution in [0.3, 0.4) is 0 Å². The van der Waals surface area contributed by atoms with E-state index >= 15 is 0 Å². The summed E-state index contributed by atoms with van der Waals surface area (Å²) < 4.78 is 25.5. The lowest BCUT2D eigenvalue weighted by molar-refractivity contribution is 0.0985. The van der Waals surface area contributed by atoms with Crippen LogP contribution in [0.4, 0.5) is 9.52 Å². The molecule has 0 fully saturated rings. The predicted molar refractivity (Wildman–Crippen MR) is 112 cm³/mol. The first kappa shape index (κ1) is 18.5. The molecule has 5 rings (SSSR count). The number of rotatable bonds is 4. The Morgan fingerprint density at radius 3 is 2.60 bits per heavy atom. The third kappa shape index (κ3) is 3.57. The smallest absolute Gasteiger partial charge is 0.260 e. The molecule has 4 aromatic rings. The minimum Gasteiger partial charge on any atom is -0.486 e. The molecule has 0 radical (unpaired) electrons. The first-order chi connectivity index (χ1) is 14.7. The first-order valence-corrected chi connectivity index (χ1v) is 10.2. The molecular formula is C22H16FN3O3S. The molecule has 0 atom stereocenters. The van der Waals surface area contributed by atoms with Crippen molar-refractivity contribution in [1.29, 1.82) is 0 Å². The molecule has 0 unspecified atom stereocenters. The molecule has 1 aliphatic heterocycles. The second-order valence-electron chi connectivity index (χ2n) is 6.72. The number of carbonyl (C=O) groups excluding carboxylic acids is 1. The van der Waals surface area contributed by atoms with E-state index in [1.165, 1.54) is 35.6 Å². The average Bonchev–Trinajstić information content (AvgIpc) is 3.19. The molecule has 2 aromatic carbocycles. The fourth-order valence-corrected chi connectivity index (χ4v) is 4.19. The summed E-state index contributed by atoms with van der Waals surface area (Å²) in [7, 11) is 0. The largest absolute Gasteiger partial charge is 0.486 e. The summed E-state index contributed by atoms with van der Waals surface area (Å²) in [6.07, 6.45) is 3.39. The van der Waals surface area contributed by atoms with Crippen molar-refractivity contribution >= 4 is 32.6 Å². The van der Waals surface area contributed by atoms with Crippen molar-refractivity contribution in [2.24, 2.45) is 0 Å². The Kier molecular flexibility index (Phi) is 4.76. The van der Waals surface area contributed by atoms with Crippen LogP contribution in [0.15, 0.2) is 60.9 Å². The van der Waals surface area contributed by atoms with Crippen molar-refractivity contribution in [3.05, 3.63) is 77.9 Å². The van der Waals surface area contributed by atoms with E-state index in [-0.39, 0.29) is 12.5 Å². The zero-order valence-corrected chi connectivity index (χ0v) is 16.6. The number of amides is 1. The zero-order chi connectivity index (χ0) is 20.5. The van der Waals surface area contributed by atoms with Crippen LogP contribution in [-0.4, -0.2) is 29.1 Å². The van der Waals surface area contributed by atoms with Crippen molar-refractivity contribution in [3.8, 4) is 11.5 Å². The number of fused-ring (bicyclic) bond motifs is 2. The first-order valence-electron chi connectivity index (χ1n) is 9.34. The number of hydrogen-bond donors (Lipinski definition) is 0. The normalized spacial score (nSPS) is 12.7. The molecule has 0 saturated heterocycles. The third-order valence-corrected chi connectivity index (χ3v) is 5.71. The van der Waals surface area contributed by atoms with E-state index in [4.69, 9.17) is 9.47 Å². The van der Waals surface area contributed by atoms with Gasteiger partial charge in [-0.1, -0.05) is 17.4 Å². The number of thiazole rings is 1. The lowest BCUT2D eigenvalue weighted by Crippen LogP contribution is -2.30. The molecule has 0 spiro atoms. The van der Waals surface area contributed by atoms with Gasteiger partial charge in [0.05, 0.1) is 16.8 Å². The number of benzene rings is 2. The van der Waals surface area contributed by atoms with Gasteiger partial charge < -0.3 is 9.47 Å². The van der Waals surface area contributed by atoms with Gasteiger partial charge in [0.25, 0.3) is 5.91 Å². The average molecular weight is 421 g/mol. The van der Waals surface area contributed by atoms with Crippen molar-refractivity contribution < 1.29 is 18.7 Å². The molecule has 2 aromatic heterocycles. The second kappa shape index (κ2) is 7.72. The molecule has 0 aliphatic carbocycles. The van der Waals surface area contributed by atoms with Crippen molar-refractivity contribution in [2.45, 2.75) is 6.54 Å². The highest BCUT2D eigenvalue weighted by molar-refractivity contribution is 7.22. The number of ether oxygens (including phenoxy) is 2. The topological polar surface area (TPSA) is 64.6 Å². The Balaban J connectivity index is 1.56. The van der Waals surface area contributed by atoms with Crippen molar-refractivity contribution in [3.63, 3.8) is 0 Å². The molecule has 1 amide bonds. The van der Waals surface area contributed by atoms with E-state index in [1.54, 1.807) is 17.3 Å². The Morgan fingerprint density at radius 1 is 1.10 bits per heavy atom. The molecule has 6 nitrogen and oxygen atoms in total. The summed E-state index contributed by atoms with van der Waals surface area (Å²) in [6, 6.07) is 12.9. The lowest BCUT2D eigenvalue weighted by atomic mass is 10.2. The minimum absolute atomic E-state index is 0.268. The standard InChI is InChI=1S/C22H16FN3O3S/c23-16-5-3-15(4-6-16)21(27)26(13-14-2-1-7-24-12-14)22-25-17-10-18-19(11-20(17)30-22)29-9-8-28-18/h1-7,10-12H,8-9,13H2. The van der Waals surface area contributed by atoms with Gasteiger partial charge in [-0.3, -0.25) is 14.7 Å². The van der Waals surface area contributed by atoms with Gasteiger partial charge >= 0.3 is 0 Å². The van der Waals surface area contributed by atoms with E-state index < -0.39 is 5.82 Å². The maximum Gasteiger partial charge on any atom is 0.260 e. The maximum atomic E-state index is 13.3. The molecule has 1 aliphatic rings. The van der Waals surface area contributed by atoms with Crippen LogP contribution < -0.4 is 14.4 Å². The molecule has 0 saturated carbocycles. The number of nitrogens with zero attached hydrogens (tertiary/aromatic N) is 3. The summed E-state index contributed by atoms with van der Waals surface area (Å²) in [4.78, 5) is 23.7. The van der Waals surface area contributed by atoms with Gasteiger partial charge in [0.1, 0.15) is 19.0 Å². The molecule has 0 bridgehead atoms. The number of halogens is 1. The van der Waals surface area contributed by atoms with Crippen LogP contribution in [0.2, 0.25) is 0 Å². The quantitative estimate of drug-likeness (QED) is 0.487. The molecule has 150 valence electrons. The summed E-state index contributed by atoms with van der Waals surface area (Å²) in [5.41, 5.74) is 1.96. The van der Waals surface area contributed by atoms with Crippen molar-refractivity contribution in [1.82, 2.24) is 9.97 Å². The molecule has 8 heteroatoms. The van der Waals surface area contributed by atoms with Crippen molar-refractivity contribution in [2.75, 3.05) is 18.1 Å². The second-order valence-corrected chi connectivity index (χ2v) is 7.73.